The zero-order valence-electron chi connectivity index (χ0n) is 18.1. The number of hydrogen-bond donors (Lipinski definition) is 0. The molecule has 0 radical (unpaired) electrons. The van der Waals surface area contributed by atoms with Crippen LogP contribution < -0.4 is 4.57 Å². The van der Waals surface area contributed by atoms with Crippen molar-refractivity contribution >= 4 is 23.5 Å². The van der Waals surface area contributed by atoms with Crippen molar-refractivity contribution in [2.75, 3.05) is 6.54 Å². The van der Waals surface area contributed by atoms with Crippen molar-refractivity contribution in [2.45, 2.75) is 65.3 Å². The van der Waals surface area contributed by atoms with Gasteiger partial charge in [-0.1, -0.05) is 65.8 Å². The highest BCUT2D eigenvalue weighted by atomic mass is 32.1. The number of benzene rings is 1. The van der Waals surface area contributed by atoms with Crippen LogP contribution in [0, 0.1) is 0 Å². The van der Waals surface area contributed by atoms with E-state index in [0.717, 1.165) is 0 Å². The zero-order chi connectivity index (χ0) is 21.1. The highest BCUT2D eigenvalue weighted by Gasteiger charge is 2.29. The smallest absolute Gasteiger partial charge is 0.237 e. The Hall–Kier alpha value is -2.07. The van der Waals surface area contributed by atoms with Gasteiger partial charge >= 0.3 is 0 Å². The summed E-state index contributed by atoms with van der Waals surface area (Å²) in [5.41, 5.74) is 3.16. The second-order valence-electron chi connectivity index (χ2n) is 9.19. The van der Waals surface area contributed by atoms with Crippen molar-refractivity contribution in [3.05, 3.63) is 65.5 Å². The van der Waals surface area contributed by atoms with Crippen LogP contribution in [0.3, 0.4) is 0 Å². The number of aromatic nitrogens is 1. The lowest BCUT2D eigenvalue weighted by molar-refractivity contribution is -0.692. The summed E-state index contributed by atoms with van der Waals surface area (Å²) in [6.45, 7) is 15.5. The normalized spacial score (nSPS) is 14.0. The van der Waals surface area contributed by atoms with Gasteiger partial charge in [-0.05, 0) is 33.9 Å². The van der Waals surface area contributed by atoms with Gasteiger partial charge < -0.3 is 17.6 Å². The third-order valence-electron chi connectivity index (χ3n) is 4.85. The number of pyridine rings is 1. The molecule has 0 saturated carbocycles. The molecule has 0 bridgehead atoms. The van der Waals surface area contributed by atoms with Crippen molar-refractivity contribution in [3.8, 4) is 0 Å². The summed E-state index contributed by atoms with van der Waals surface area (Å²) < 4.78 is 1.87. The van der Waals surface area contributed by atoms with Crippen LogP contribution in [-0.4, -0.2) is 17.4 Å². The van der Waals surface area contributed by atoms with E-state index in [1.54, 1.807) is 0 Å². The van der Waals surface area contributed by atoms with Crippen LogP contribution in [0.1, 0.15) is 76.0 Å². The molecule has 1 unspecified atom stereocenters. The highest BCUT2D eigenvalue weighted by molar-refractivity contribution is 7.77. The van der Waals surface area contributed by atoms with Crippen molar-refractivity contribution in [2.24, 2.45) is 4.99 Å². The van der Waals surface area contributed by atoms with E-state index in [0.29, 0.717) is 17.2 Å². The number of hydrogen-bond acceptors (Lipinski definition) is 3. The Labute approximate surface area is 175 Å². The topological polar surface area (TPSA) is 33.3 Å². The van der Waals surface area contributed by atoms with Gasteiger partial charge in [-0.15, -0.1) is 0 Å². The first-order chi connectivity index (χ1) is 12.9. The van der Waals surface area contributed by atoms with E-state index in [-0.39, 0.29) is 16.6 Å². The molecule has 0 aliphatic heterocycles. The number of Topliss-reactive ketones (excluding diaryl/α,β-unsaturated/α-hetero) is 1. The maximum atomic E-state index is 13.3. The molecule has 0 N–H and O–H groups in total. The van der Waals surface area contributed by atoms with Crippen LogP contribution in [0.25, 0.3) is 0 Å². The lowest BCUT2D eigenvalue weighted by atomic mass is 9.86. The standard InChI is InChI=1S/C24H32N2OS/c1-8-25-22(28)20(26-15-13-19(14-16-26)24(5,6)7)21(27)17-9-11-18(12-10-17)23(2,3)4/h9-16,20H,8H2,1-7H3. The third-order valence-corrected chi connectivity index (χ3v) is 5.20. The molecule has 28 heavy (non-hydrogen) atoms. The first-order valence-electron chi connectivity index (χ1n) is 9.82. The summed E-state index contributed by atoms with van der Waals surface area (Å²) in [5.74, 6) is -0.0313. The first kappa shape index (κ1) is 22.2. The zero-order valence-corrected chi connectivity index (χ0v) is 18.9. The molecular weight excluding hydrogens is 364 g/mol. The fourth-order valence-electron chi connectivity index (χ4n) is 3.02. The molecule has 0 aliphatic carbocycles. The van der Waals surface area contributed by atoms with Gasteiger partial charge in [0.1, 0.15) is 0 Å². The van der Waals surface area contributed by atoms with E-state index < -0.39 is 6.04 Å². The van der Waals surface area contributed by atoms with Crippen LogP contribution in [-0.2, 0) is 23.5 Å². The number of nitrogens with zero attached hydrogens (tertiary/aromatic N) is 2. The average Bonchev–Trinajstić information content (AvgIpc) is 2.61. The molecule has 0 aliphatic rings. The summed E-state index contributed by atoms with van der Waals surface area (Å²) in [6.07, 6.45) is 3.87. The maximum absolute atomic E-state index is 13.3. The Bertz CT molecular complexity index is 838. The van der Waals surface area contributed by atoms with Crippen LogP contribution in [0.2, 0.25) is 0 Å². The molecule has 0 fully saturated rings. The van der Waals surface area contributed by atoms with Crippen LogP contribution in [0.4, 0.5) is 0 Å². The van der Waals surface area contributed by atoms with Crippen LogP contribution >= 0.6 is 0 Å². The van der Waals surface area contributed by atoms with Gasteiger partial charge in [-0.25, -0.2) is 0 Å². The number of rotatable bonds is 5. The Balaban J connectivity index is 2.43. The predicted octanol–water partition coefficient (Wildman–Crippen LogP) is 4.96. The molecule has 4 heteroatoms. The van der Waals surface area contributed by atoms with Crippen molar-refractivity contribution in [1.82, 2.24) is 0 Å². The fourth-order valence-corrected chi connectivity index (χ4v) is 3.38. The predicted molar refractivity (Wildman–Crippen MR) is 119 cm³/mol. The first-order valence-corrected chi connectivity index (χ1v) is 10.2. The largest absolute Gasteiger partial charge is 0.758 e. The van der Waals surface area contributed by atoms with E-state index in [2.05, 4.69) is 58.7 Å². The van der Waals surface area contributed by atoms with Gasteiger partial charge in [-0.3, -0.25) is 4.79 Å². The second kappa shape index (κ2) is 8.52. The molecule has 1 aromatic carbocycles. The van der Waals surface area contributed by atoms with Gasteiger partial charge in [0.05, 0.1) is 0 Å². The lowest BCUT2D eigenvalue weighted by Crippen LogP contribution is -2.48. The minimum atomic E-state index is -0.607. The van der Waals surface area contributed by atoms with Gasteiger partial charge in [-0.2, -0.15) is 4.57 Å². The molecular formula is C24H32N2OS. The van der Waals surface area contributed by atoms with E-state index in [1.807, 2.05) is 48.1 Å². The maximum Gasteiger partial charge on any atom is 0.237 e. The quantitative estimate of drug-likeness (QED) is 0.235. The molecule has 0 saturated heterocycles. The van der Waals surface area contributed by atoms with Crippen molar-refractivity contribution in [3.63, 3.8) is 0 Å². The molecule has 3 nitrogen and oxygen atoms in total. The van der Waals surface area contributed by atoms with E-state index in [9.17, 15) is 4.79 Å². The molecule has 150 valence electrons. The Morgan fingerprint density at radius 2 is 1.39 bits per heavy atom. The molecule has 0 spiro atoms. The third kappa shape index (κ3) is 5.26. The fraction of sp³-hybridized carbons (Fsp3) is 0.458. The van der Waals surface area contributed by atoms with Crippen LogP contribution in [0.5, 0.6) is 0 Å². The molecule has 2 rings (SSSR count). The van der Waals surface area contributed by atoms with E-state index in [4.69, 9.17) is 12.6 Å². The number of ketones is 1. The summed E-state index contributed by atoms with van der Waals surface area (Å²) in [5, 5.41) is 0.418. The molecule has 0 amide bonds. The molecule has 1 aromatic heterocycles. The Kier molecular flexibility index (Phi) is 6.76. The van der Waals surface area contributed by atoms with Gasteiger partial charge in [0.25, 0.3) is 0 Å². The molecule has 1 atom stereocenters. The Morgan fingerprint density at radius 1 is 0.929 bits per heavy atom. The van der Waals surface area contributed by atoms with Gasteiger partial charge in [0.15, 0.2) is 12.4 Å². The highest BCUT2D eigenvalue weighted by Crippen LogP contribution is 2.24. The van der Waals surface area contributed by atoms with Gasteiger partial charge in [0.2, 0.25) is 11.8 Å². The number of carbonyl (C=O) groups is 1. The lowest BCUT2D eigenvalue weighted by Gasteiger charge is -2.22. The minimum Gasteiger partial charge on any atom is -0.758 e. The van der Waals surface area contributed by atoms with E-state index in [1.165, 1.54) is 11.1 Å². The van der Waals surface area contributed by atoms with Crippen LogP contribution in [0.15, 0.2) is 53.8 Å². The molecule has 2 aromatic rings. The van der Waals surface area contributed by atoms with Crippen molar-refractivity contribution in [1.29, 1.82) is 0 Å². The average molecular weight is 397 g/mol. The molecule has 1 heterocycles. The number of carbonyl (C=O) groups excluding carboxylic acids is 1. The van der Waals surface area contributed by atoms with Crippen molar-refractivity contribution < 1.29 is 9.36 Å². The summed E-state index contributed by atoms with van der Waals surface area (Å²) in [7, 11) is 0. The van der Waals surface area contributed by atoms with E-state index >= 15 is 0 Å². The van der Waals surface area contributed by atoms with Gasteiger partial charge in [0, 0.05) is 24.2 Å². The monoisotopic (exact) mass is 396 g/mol. The summed E-state index contributed by atoms with van der Waals surface area (Å²) >= 11 is 5.52. The summed E-state index contributed by atoms with van der Waals surface area (Å²) in [4.78, 5) is 17.7. The SMILES string of the molecule is CCN=C([S-])C(C(=O)c1ccc(C(C)(C)C)cc1)[n+]1ccc(C(C)(C)C)cc1. The summed E-state index contributed by atoms with van der Waals surface area (Å²) in [6, 6.07) is 11.3. The minimum absolute atomic E-state index is 0.0313. The Morgan fingerprint density at radius 3 is 1.82 bits per heavy atom. The second-order valence-corrected chi connectivity index (χ2v) is 9.61. The number of aliphatic imine (C=N–C) groups is 1.